The largest absolute Gasteiger partial charge is 0.389 e. The van der Waals surface area contributed by atoms with Crippen LogP contribution in [0, 0.1) is 5.82 Å². The topological polar surface area (TPSA) is 72.8 Å². The Morgan fingerprint density at radius 1 is 1.39 bits per heavy atom. The Balaban J connectivity index is 1.86. The first-order valence-corrected chi connectivity index (χ1v) is 5.68. The fourth-order valence-corrected chi connectivity index (χ4v) is 1.95. The molecule has 1 aliphatic rings. The van der Waals surface area contributed by atoms with E-state index in [1.165, 1.54) is 18.2 Å². The normalized spacial score (nSPS) is 24.2. The van der Waals surface area contributed by atoms with Gasteiger partial charge in [0, 0.05) is 18.8 Å². The number of carbonyl (C=O) groups is 1. The Morgan fingerprint density at radius 2 is 2.06 bits per heavy atom. The number of hydrogen-bond donors (Lipinski definition) is 3. The Kier molecular flexibility index (Phi) is 3.90. The summed E-state index contributed by atoms with van der Waals surface area (Å²) >= 11 is 0. The van der Waals surface area contributed by atoms with E-state index >= 15 is 0 Å². The number of β-amino-alcohol motifs (C(OH)–C–C–N with tert-alkyl or cyclic N) is 2. The molecule has 1 aromatic rings. The van der Waals surface area contributed by atoms with Gasteiger partial charge in [0.1, 0.15) is 5.82 Å². The lowest BCUT2D eigenvalue weighted by atomic mass is 10.3. The molecule has 1 fully saturated rings. The molecule has 1 aromatic carbocycles. The first-order valence-electron chi connectivity index (χ1n) is 5.68. The van der Waals surface area contributed by atoms with Crippen molar-refractivity contribution in [3.63, 3.8) is 0 Å². The van der Waals surface area contributed by atoms with Gasteiger partial charge in [0.05, 0.1) is 18.8 Å². The van der Waals surface area contributed by atoms with Crippen molar-refractivity contribution in [1.29, 1.82) is 0 Å². The average molecular weight is 254 g/mol. The molecule has 1 heterocycles. The van der Waals surface area contributed by atoms with Crippen LogP contribution in [0.2, 0.25) is 0 Å². The van der Waals surface area contributed by atoms with Crippen molar-refractivity contribution in [3.8, 4) is 0 Å². The third kappa shape index (κ3) is 3.25. The highest BCUT2D eigenvalue weighted by Crippen LogP contribution is 2.11. The molecule has 18 heavy (non-hydrogen) atoms. The lowest BCUT2D eigenvalue weighted by Crippen LogP contribution is -2.32. The van der Waals surface area contributed by atoms with Crippen molar-refractivity contribution in [1.82, 2.24) is 4.90 Å². The number of halogens is 1. The van der Waals surface area contributed by atoms with Gasteiger partial charge in [-0.05, 0) is 18.2 Å². The number of rotatable bonds is 3. The molecule has 1 aliphatic heterocycles. The van der Waals surface area contributed by atoms with Crippen molar-refractivity contribution >= 4 is 11.6 Å². The molecule has 0 unspecified atom stereocenters. The predicted octanol–water partition coefficient (Wildman–Crippen LogP) is -0.198. The number of hydrogen-bond acceptors (Lipinski definition) is 4. The van der Waals surface area contributed by atoms with Gasteiger partial charge in [-0.2, -0.15) is 0 Å². The molecular weight excluding hydrogens is 239 g/mol. The smallest absolute Gasteiger partial charge is 0.238 e. The van der Waals surface area contributed by atoms with Crippen LogP contribution < -0.4 is 5.32 Å². The fraction of sp³-hybridized carbons (Fsp3) is 0.417. The molecule has 3 N–H and O–H groups in total. The summed E-state index contributed by atoms with van der Waals surface area (Å²) in [5, 5.41) is 21.2. The number of benzene rings is 1. The lowest BCUT2D eigenvalue weighted by Gasteiger charge is -2.14. The summed E-state index contributed by atoms with van der Waals surface area (Å²) < 4.78 is 12.9. The van der Waals surface area contributed by atoms with Crippen LogP contribution in [0.1, 0.15) is 0 Å². The van der Waals surface area contributed by atoms with E-state index in [-0.39, 0.29) is 25.5 Å². The Hall–Kier alpha value is -1.50. The zero-order chi connectivity index (χ0) is 13.1. The van der Waals surface area contributed by atoms with Gasteiger partial charge in [-0.1, -0.05) is 6.07 Å². The molecule has 5 nitrogen and oxygen atoms in total. The maximum atomic E-state index is 12.9. The van der Waals surface area contributed by atoms with Crippen molar-refractivity contribution in [3.05, 3.63) is 30.1 Å². The summed E-state index contributed by atoms with van der Waals surface area (Å²) in [6.45, 7) is 0.583. The zero-order valence-electron chi connectivity index (χ0n) is 9.71. The highest BCUT2D eigenvalue weighted by atomic mass is 19.1. The van der Waals surface area contributed by atoms with E-state index in [2.05, 4.69) is 5.32 Å². The van der Waals surface area contributed by atoms with Crippen LogP contribution in [0.4, 0.5) is 10.1 Å². The highest BCUT2D eigenvalue weighted by molar-refractivity contribution is 5.92. The minimum atomic E-state index is -0.813. The van der Waals surface area contributed by atoms with Crippen molar-refractivity contribution in [2.45, 2.75) is 12.2 Å². The maximum absolute atomic E-state index is 12.9. The van der Waals surface area contributed by atoms with Crippen molar-refractivity contribution < 1.29 is 19.4 Å². The standard InChI is InChI=1S/C12H15FN2O3/c13-8-2-1-3-9(4-8)14-12(18)7-15-5-10(16)11(17)6-15/h1-4,10-11,16-17H,5-7H2,(H,14,18)/t10-,11+. The SMILES string of the molecule is O=C(CN1C[C@@H](O)[C@@H](O)C1)Nc1cccc(F)c1. The van der Waals surface area contributed by atoms with Gasteiger partial charge in [0.15, 0.2) is 0 Å². The number of likely N-dealkylation sites (tertiary alicyclic amines) is 1. The van der Waals surface area contributed by atoms with Gasteiger partial charge >= 0.3 is 0 Å². The number of aliphatic hydroxyl groups is 2. The number of amides is 1. The Bertz CT molecular complexity index is 431. The van der Waals surface area contributed by atoms with Gasteiger partial charge in [-0.25, -0.2) is 4.39 Å². The van der Waals surface area contributed by atoms with Gasteiger partial charge in [0.25, 0.3) is 0 Å². The van der Waals surface area contributed by atoms with Crippen LogP contribution in [0.3, 0.4) is 0 Å². The van der Waals surface area contributed by atoms with Crippen LogP contribution >= 0.6 is 0 Å². The molecule has 0 radical (unpaired) electrons. The fourth-order valence-electron chi connectivity index (χ4n) is 1.95. The van der Waals surface area contributed by atoms with E-state index in [0.717, 1.165) is 0 Å². The lowest BCUT2D eigenvalue weighted by molar-refractivity contribution is -0.117. The van der Waals surface area contributed by atoms with Crippen LogP contribution in [0.25, 0.3) is 0 Å². The number of nitrogens with one attached hydrogen (secondary N) is 1. The quantitative estimate of drug-likeness (QED) is 0.698. The molecule has 0 saturated carbocycles. The second-order valence-electron chi connectivity index (χ2n) is 4.39. The van der Waals surface area contributed by atoms with Crippen LogP contribution in [-0.4, -0.2) is 52.9 Å². The summed E-state index contributed by atoms with van der Waals surface area (Å²) in [5.41, 5.74) is 0.389. The molecule has 1 amide bonds. The van der Waals surface area contributed by atoms with E-state index in [1.807, 2.05) is 0 Å². The number of anilines is 1. The van der Waals surface area contributed by atoms with Crippen LogP contribution in [0.5, 0.6) is 0 Å². The molecule has 2 rings (SSSR count). The summed E-state index contributed by atoms with van der Waals surface area (Å²) in [4.78, 5) is 13.3. The molecule has 1 saturated heterocycles. The molecule has 98 valence electrons. The minimum Gasteiger partial charge on any atom is -0.389 e. The number of aliphatic hydroxyl groups excluding tert-OH is 2. The van der Waals surface area contributed by atoms with Gasteiger partial charge in [-0.15, -0.1) is 0 Å². The first-order chi connectivity index (χ1) is 8.54. The zero-order valence-corrected chi connectivity index (χ0v) is 9.71. The predicted molar refractivity (Wildman–Crippen MR) is 63.5 cm³/mol. The van der Waals surface area contributed by atoms with E-state index in [1.54, 1.807) is 11.0 Å². The monoisotopic (exact) mass is 254 g/mol. The molecule has 0 bridgehead atoms. The third-order valence-corrected chi connectivity index (χ3v) is 2.81. The highest BCUT2D eigenvalue weighted by Gasteiger charge is 2.30. The van der Waals surface area contributed by atoms with Gasteiger partial charge in [0.2, 0.25) is 5.91 Å². The van der Waals surface area contributed by atoms with Crippen LogP contribution in [0.15, 0.2) is 24.3 Å². The summed E-state index contributed by atoms with van der Waals surface area (Å²) in [7, 11) is 0. The second kappa shape index (κ2) is 5.43. The first kappa shape index (κ1) is 12.9. The maximum Gasteiger partial charge on any atom is 0.238 e. The Labute approximate surface area is 104 Å². The number of nitrogens with zero attached hydrogens (tertiary/aromatic N) is 1. The Morgan fingerprint density at radius 3 is 2.67 bits per heavy atom. The molecule has 0 aromatic heterocycles. The van der Waals surface area contributed by atoms with Crippen molar-refractivity contribution in [2.75, 3.05) is 25.0 Å². The second-order valence-corrected chi connectivity index (χ2v) is 4.39. The number of carbonyl (C=O) groups excluding carboxylic acids is 1. The van der Waals surface area contributed by atoms with Gasteiger partial charge < -0.3 is 15.5 Å². The molecule has 0 spiro atoms. The van der Waals surface area contributed by atoms with Gasteiger partial charge in [-0.3, -0.25) is 9.69 Å². The summed E-state index contributed by atoms with van der Waals surface area (Å²) in [5.74, 6) is -0.721. The molecule has 0 aliphatic carbocycles. The van der Waals surface area contributed by atoms with E-state index in [9.17, 15) is 19.4 Å². The van der Waals surface area contributed by atoms with Crippen LogP contribution in [-0.2, 0) is 4.79 Å². The summed E-state index contributed by atoms with van der Waals surface area (Å²) in [6, 6.07) is 5.62. The van der Waals surface area contributed by atoms with Crippen molar-refractivity contribution in [2.24, 2.45) is 0 Å². The van der Waals surface area contributed by atoms with E-state index < -0.39 is 18.0 Å². The molecule has 2 atom stereocenters. The average Bonchev–Trinajstić information content (AvgIpc) is 2.57. The summed E-state index contributed by atoms with van der Waals surface area (Å²) in [6.07, 6.45) is -1.63. The third-order valence-electron chi connectivity index (χ3n) is 2.81. The van der Waals surface area contributed by atoms with E-state index in [0.29, 0.717) is 5.69 Å². The molecular formula is C12H15FN2O3. The van der Waals surface area contributed by atoms with E-state index in [4.69, 9.17) is 0 Å². The molecule has 6 heteroatoms. The minimum absolute atomic E-state index is 0.0602.